The van der Waals surface area contributed by atoms with Crippen molar-refractivity contribution >= 4 is 26.0 Å². The van der Waals surface area contributed by atoms with E-state index >= 15 is 0 Å². The van der Waals surface area contributed by atoms with E-state index in [4.69, 9.17) is 0 Å². The smallest absolute Gasteiger partial charge is 0.244 e. The summed E-state index contributed by atoms with van der Waals surface area (Å²) in [6, 6.07) is 8.81. The molecule has 0 saturated carbocycles. The molecule has 0 aliphatic heterocycles. The van der Waals surface area contributed by atoms with Crippen LogP contribution in [0.25, 0.3) is 0 Å². The fraction of sp³-hybridized carbons (Fsp3) is 0.214. The molecule has 0 saturated heterocycles. The number of pyridine rings is 1. The van der Waals surface area contributed by atoms with Crippen molar-refractivity contribution in [3.05, 3.63) is 58.3 Å². The number of aromatic nitrogens is 1. The molecule has 0 N–H and O–H groups in total. The number of benzene rings is 1. The molecule has 0 aliphatic rings. The maximum Gasteiger partial charge on any atom is 0.244 e. The van der Waals surface area contributed by atoms with E-state index in [-0.39, 0.29) is 4.90 Å². The van der Waals surface area contributed by atoms with Gasteiger partial charge in [-0.3, -0.25) is 4.98 Å². The minimum atomic E-state index is -3.52. The van der Waals surface area contributed by atoms with Crippen LogP contribution < -0.4 is 0 Å². The molecule has 0 aliphatic carbocycles. The third-order valence-corrected chi connectivity index (χ3v) is 5.71. The number of nitrogens with zero attached hydrogens (tertiary/aromatic N) is 2. The zero-order valence-electron chi connectivity index (χ0n) is 11.2. The van der Waals surface area contributed by atoms with Crippen LogP contribution in [0.15, 0.2) is 52.1 Å². The van der Waals surface area contributed by atoms with Gasteiger partial charge < -0.3 is 0 Å². The summed E-state index contributed by atoms with van der Waals surface area (Å²) in [6.45, 7) is 2.23. The first kappa shape index (κ1) is 15.2. The standard InChI is InChI=1S/C14H15BrN2O2S/c1-11-3-4-14(13(15)9-11)20(18,19)17(2)10-12-5-7-16-8-6-12/h3-9H,10H2,1-2H3. The van der Waals surface area contributed by atoms with Crippen molar-refractivity contribution in [1.82, 2.24) is 9.29 Å². The Bertz CT molecular complexity index is 702. The summed E-state index contributed by atoms with van der Waals surface area (Å²) >= 11 is 3.32. The van der Waals surface area contributed by atoms with Crippen LogP contribution in [0.2, 0.25) is 0 Å². The topological polar surface area (TPSA) is 50.3 Å². The van der Waals surface area contributed by atoms with Crippen molar-refractivity contribution in [3.8, 4) is 0 Å². The highest BCUT2D eigenvalue weighted by Crippen LogP contribution is 2.26. The van der Waals surface area contributed by atoms with Gasteiger partial charge in [-0.15, -0.1) is 0 Å². The van der Waals surface area contributed by atoms with Crippen LogP contribution in [-0.4, -0.2) is 24.8 Å². The zero-order chi connectivity index (χ0) is 14.8. The number of rotatable bonds is 4. The van der Waals surface area contributed by atoms with Gasteiger partial charge in [-0.25, -0.2) is 8.42 Å². The lowest BCUT2D eigenvalue weighted by molar-refractivity contribution is 0.466. The Labute approximate surface area is 127 Å². The lowest BCUT2D eigenvalue weighted by Crippen LogP contribution is -2.26. The normalized spacial score (nSPS) is 11.8. The highest BCUT2D eigenvalue weighted by molar-refractivity contribution is 9.10. The molecule has 106 valence electrons. The predicted molar refractivity (Wildman–Crippen MR) is 81.8 cm³/mol. The molecule has 2 aromatic rings. The van der Waals surface area contributed by atoms with Gasteiger partial charge in [0.2, 0.25) is 10.0 Å². The Hall–Kier alpha value is -1.24. The molecule has 0 amide bonds. The zero-order valence-corrected chi connectivity index (χ0v) is 13.6. The van der Waals surface area contributed by atoms with Gasteiger partial charge in [0.15, 0.2) is 0 Å². The number of hydrogen-bond acceptors (Lipinski definition) is 3. The molecule has 1 aromatic carbocycles. The maximum atomic E-state index is 12.5. The lowest BCUT2D eigenvalue weighted by atomic mass is 10.2. The van der Waals surface area contributed by atoms with Crippen LogP contribution in [-0.2, 0) is 16.6 Å². The van der Waals surface area contributed by atoms with Crippen molar-refractivity contribution in [2.45, 2.75) is 18.4 Å². The number of sulfonamides is 1. The highest BCUT2D eigenvalue weighted by Gasteiger charge is 2.23. The Kier molecular flexibility index (Phi) is 4.57. The third-order valence-electron chi connectivity index (χ3n) is 2.93. The molecule has 20 heavy (non-hydrogen) atoms. The molecule has 0 spiro atoms. The van der Waals surface area contributed by atoms with Crippen molar-refractivity contribution in [1.29, 1.82) is 0 Å². The SMILES string of the molecule is Cc1ccc(S(=O)(=O)N(C)Cc2ccncc2)c(Br)c1. The molecule has 6 heteroatoms. The number of halogens is 1. The van der Waals surface area contributed by atoms with Gasteiger partial charge in [0.05, 0.1) is 4.90 Å². The second-order valence-electron chi connectivity index (χ2n) is 4.55. The summed E-state index contributed by atoms with van der Waals surface area (Å²) in [5.41, 5.74) is 1.90. The van der Waals surface area contributed by atoms with Crippen molar-refractivity contribution < 1.29 is 8.42 Å². The quantitative estimate of drug-likeness (QED) is 0.847. The molecule has 1 heterocycles. The fourth-order valence-electron chi connectivity index (χ4n) is 1.81. The molecule has 0 bridgehead atoms. The molecule has 0 atom stereocenters. The third kappa shape index (κ3) is 3.26. The molecule has 1 aromatic heterocycles. The van der Waals surface area contributed by atoms with Crippen molar-refractivity contribution in [2.75, 3.05) is 7.05 Å². The Morgan fingerprint density at radius 2 is 1.85 bits per heavy atom. The number of hydrogen-bond donors (Lipinski definition) is 0. The first-order chi connectivity index (χ1) is 9.41. The van der Waals surface area contributed by atoms with Crippen molar-refractivity contribution in [2.24, 2.45) is 0 Å². The van der Waals surface area contributed by atoms with Crippen LogP contribution >= 0.6 is 15.9 Å². The van der Waals surface area contributed by atoms with Crippen LogP contribution in [0.1, 0.15) is 11.1 Å². The Balaban J connectivity index is 2.30. The van der Waals surface area contributed by atoms with Crippen LogP contribution in [0.3, 0.4) is 0 Å². The predicted octanol–water partition coefficient (Wildman–Crippen LogP) is 2.97. The summed E-state index contributed by atoms with van der Waals surface area (Å²) in [5, 5.41) is 0. The summed E-state index contributed by atoms with van der Waals surface area (Å²) in [5.74, 6) is 0. The molecule has 0 radical (unpaired) electrons. The monoisotopic (exact) mass is 354 g/mol. The summed E-state index contributed by atoms with van der Waals surface area (Å²) in [7, 11) is -1.95. The lowest BCUT2D eigenvalue weighted by Gasteiger charge is -2.18. The van der Waals surface area contributed by atoms with Gasteiger partial charge in [-0.05, 0) is 58.2 Å². The molecule has 0 fully saturated rings. The van der Waals surface area contributed by atoms with Gasteiger partial charge in [0.1, 0.15) is 0 Å². The van der Waals surface area contributed by atoms with Crippen LogP contribution in [0.5, 0.6) is 0 Å². The average molecular weight is 355 g/mol. The van der Waals surface area contributed by atoms with Gasteiger partial charge in [0.25, 0.3) is 0 Å². The highest BCUT2D eigenvalue weighted by atomic mass is 79.9. The fourth-order valence-corrected chi connectivity index (χ4v) is 4.12. The largest absolute Gasteiger partial charge is 0.265 e. The van der Waals surface area contributed by atoms with E-state index in [1.54, 1.807) is 49.8 Å². The second kappa shape index (κ2) is 6.03. The maximum absolute atomic E-state index is 12.5. The molecular formula is C14H15BrN2O2S. The van der Waals surface area contributed by atoms with Gasteiger partial charge in [0, 0.05) is 30.5 Å². The Morgan fingerprint density at radius 1 is 1.20 bits per heavy atom. The minimum Gasteiger partial charge on any atom is -0.265 e. The summed E-state index contributed by atoms with van der Waals surface area (Å²) in [4.78, 5) is 4.20. The van der Waals surface area contributed by atoms with Crippen molar-refractivity contribution in [3.63, 3.8) is 0 Å². The molecular weight excluding hydrogens is 340 g/mol. The first-order valence-electron chi connectivity index (χ1n) is 6.02. The van der Waals surface area contributed by atoms with Crippen LogP contribution in [0, 0.1) is 6.92 Å². The average Bonchev–Trinajstić information content (AvgIpc) is 2.39. The van der Waals surface area contributed by atoms with E-state index in [2.05, 4.69) is 20.9 Å². The second-order valence-corrected chi connectivity index (χ2v) is 7.42. The van der Waals surface area contributed by atoms with E-state index in [1.165, 1.54) is 4.31 Å². The van der Waals surface area contributed by atoms with Crippen LogP contribution in [0.4, 0.5) is 0 Å². The van der Waals surface area contributed by atoms with Gasteiger partial charge in [-0.2, -0.15) is 4.31 Å². The van der Waals surface area contributed by atoms with E-state index in [0.717, 1.165) is 11.1 Å². The minimum absolute atomic E-state index is 0.277. The van der Waals surface area contributed by atoms with E-state index in [1.807, 2.05) is 6.92 Å². The first-order valence-corrected chi connectivity index (χ1v) is 8.26. The molecule has 4 nitrogen and oxygen atoms in total. The van der Waals surface area contributed by atoms with E-state index in [9.17, 15) is 8.42 Å². The summed E-state index contributed by atoms with van der Waals surface area (Å²) < 4.78 is 27.0. The molecule has 2 rings (SSSR count). The van der Waals surface area contributed by atoms with Gasteiger partial charge >= 0.3 is 0 Å². The van der Waals surface area contributed by atoms with E-state index in [0.29, 0.717) is 11.0 Å². The van der Waals surface area contributed by atoms with E-state index < -0.39 is 10.0 Å². The number of aryl methyl sites for hydroxylation is 1. The molecule has 0 unspecified atom stereocenters. The Morgan fingerprint density at radius 3 is 2.45 bits per heavy atom. The van der Waals surface area contributed by atoms with Gasteiger partial charge in [-0.1, -0.05) is 6.07 Å². The summed E-state index contributed by atoms with van der Waals surface area (Å²) in [6.07, 6.45) is 3.30.